The monoisotopic (exact) mass is 262 g/mol. The van der Waals surface area contributed by atoms with Gasteiger partial charge in [0.15, 0.2) is 0 Å². The number of hydrogen-bond acceptors (Lipinski definition) is 4. The quantitative estimate of drug-likeness (QED) is 0.760. The lowest BCUT2D eigenvalue weighted by Gasteiger charge is -2.35. The van der Waals surface area contributed by atoms with E-state index in [0.717, 1.165) is 38.9 Å². The second kappa shape index (κ2) is 5.22. The zero-order valence-electron chi connectivity index (χ0n) is 10.4. The molecule has 100 valence electrons. The molecule has 1 aliphatic heterocycles. The summed E-state index contributed by atoms with van der Waals surface area (Å²) in [7, 11) is -3.03. The largest absolute Gasteiger partial charge is 0.393 e. The van der Waals surface area contributed by atoms with E-state index in [2.05, 4.69) is 4.90 Å². The Bertz CT molecular complexity index is 350. The summed E-state index contributed by atoms with van der Waals surface area (Å²) in [6.45, 7) is 3.66. The van der Waals surface area contributed by atoms with Crippen LogP contribution >= 0.6 is 0 Å². The van der Waals surface area contributed by atoms with Crippen molar-refractivity contribution in [3.63, 3.8) is 0 Å². The molecule has 2 fully saturated rings. The van der Waals surface area contributed by atoms with E-state index in [0.29, 0.717) is 19.0 Å². The molecule has 2 atom stereocenters. The van der Waals surface area contributed by atoms with E-state index in [1.165, 1.54) is 10.6 Å². The molecular formula is C11H22N2O3S. The van der Waals surface area contributed by atoms with Gasteiger partial charge in [0.2, 0.25) is 10.0 Å². The first-order chi connectivity index (χ1) is 7.97. The minimum atomic E-state index is -3.03. The average Bonchev–Trinajstić information content (AvgIpc) is 2.64. The van der Waals surface area contributed by atoms with Gasteiger partial charge in [-0.2, -0.15) is 4.31 Å². The molecule has 1 aliphatic carbocycles. The number of hydrogen-bond donors (Lipinski definition) is 1. The summed E-state index contributed by atoms with van der Waals surface area (Å²) < 4.78 is 24.3. The Morgan fingerprint density at radius 1 is 1.18 bits per heavy atom. The second-order valence-electron chi connectivity index (χ2n) is 5.22. The lowest BCUT2D eigenvalue weighted by Crippen LogP contribution is -2.49. The molecule has 17 heavy (non-hydrogen) atoms. The highest BCUT2D eigenvalue weighted by atomic mass is 32.2. The molecule has 0 aromatic heterocycles. The van der Waals surface area contributed by atoms with Crippen LogP contribution in [0.5, 0.6) is 0 Å². The number of aliphatic hydroxyl groups is 1. The SMILES string of the molecule is CS(=O)(=O)N1CCN(CC2CCCC2O)CC1. The van der Waals surface area contributed by atoms with Crippen molar-refractivity contribution in [2.45, 2.75) is 25.4 Å². The van der Waals surface area contributed by atoms with Crippen molar-refractivity contribution in [2.24, 2.45) is 5.92 Å². The lowest BCUT2D eigenvalue weighted by atomic mass is 10.1. The van der Waals surface area contributed by atoms with Gasteiger partial charge in [0.05, 0.1) is 12.4 Å². The summed E-state index contributed by atoms with van der Waals surface area (Å²) >= 11 is 0. The molecule has 5 nitrogen and oxygen atoms in total. The summed E-state index contributed by atoms with van der Waals surface area (Å²) in [5, 5.41) is 9.77. The Balaban J connectivity index is 1.79. The van der Waals surface area contributed by atoms with Gasteiger partial charge in [0, 0.05) is 32.7 Å². The van der Waals surface area contributed by atoms with Crippen LogP contribution in [0.15, 0.2) is 0 Å². The summed E-state index contributed by atoms with van der Waals surface area (Å²) in [6.07, 6.45) is 4.27. The summed E-state index contributed by atoms with van der Waals surface area (Å²) in [5.41, 5.74) is 0. The van der Waals surface area contributed by atoms with Crippen molar-refractivity contribution in [1.82, 2.24) is 9.21 Å². The van der Waals surface area contributed by atoms with Gasteiger partial charge in [-0.05, 0) is 18.8 Å². The zero-order chi connectivity index (χ0) is 12.5. The Hall–Kier alpha value is -0.170. The molecule has 0 aromatic rings. The molecule has 1 saturated carbocycles. The van der Waals surface area contributed by atoms with Gasteiger partial charge < -0.3 is 10.0 Å². The van der Waals surface area contributed by atoms with Crippen LogP contribution in [0.2, 0.25) is 0 Å². The van der Waals surface area contributed by atoms with Crippen LogP contribution in [-0.2, 0) is 10.0 Å². The molecule has 1 heterocycles. The predicted molar refractivity (Wildman–Crippen MR) is 66.2 cm³/mol. The van der Waals surface area contributed by atoms with Gasteiger partial charge in [-0.15, -0.1) is 0 Å². The molecule has 0 spiro atoms. The minimum Gasteiger partial charge on any atom is -0.393 e. The first-order valence-corrected chi connectivity index (χ1v) is 8.17. The number of nitrogens with zero attached hydrogens (tertiary/aromatic N) is 2. The third kappa shape index (κ3) is 3.40. The molecular weight excluding hydrogens is 240 g/mol. The fourth-order valence-electron chi connectivity index (χ4n) is 2.81. The van der Waals surface area contributed by atoms with Crippen LogP contribution in [-0.4, -0.2) is 67.8 Å². The van der Waals surface area contributed by atoms with E-state index < -0.39 is 10.0 Å². The van der Waals surface area contributed by atoms with Gasteiger partial charge >= 0.3 is 0 Å². The van der Waals surface area contributed by atoms with Crippen LogP contribution < -0.4 is 0 Å². The van der Waals surface area contributed by atoms with E-state index in [1.54, 1.807) is 0 Å². The lowest BCUT2D eigenvalue weighted by molar-refractivity contribution is 0.0887. The molecule has 1 N–H and O–H groups in total. The maximum absolute atomic E-state index is 11.4. The van der Waals surface area contributed by atoms with Gasteiger partial charge in [-0.3, -0.25) is 0 Å². The molecule has 0 amide bonds. The summed E-state index contributed by atoms with van der Waals surface area (Å²) in [5.74, 6) is 0.389. The van der Waals surface area contributed by atoms with E-state index in [9.17, 15) is 13.5 Å². The van der Waals surface area contributed by atoms with Crippen LogP contribution in [0.4, 0.5) is 0 Å². The van der Waals surface area contributed by atoms with Crippen LogP contribution in [0.3, 0.4) is 0 Å². The van der Waals surface area contributed by atoms with E-state index in [-0.39, 0.29) is 6.10 Å². The maximum atomic E-state index is 11.4. The summed E-state index contributed by atoms with van der Waals surface area (Å²) in [6, 6.07) is 0. The highest BCUT2D eigenvalue weighted by Crippen LogP contribution is 2.26. The number of rotatable bonds is 3. The first kappa shape index (κ1) is 13.3. The molecule has 2 unspecified atom stereocenters. The molecule has 0 bridgehead atoms. The van der Waals surface area contributed by atoms with E-state index in [4.69, 9.17) is 0 Å². The third-order valence-corrected chi connectivity index (χ3v) is 5.22. The normalized spacial score (nSPS) is 33.1. The minimum absolute atomic E-state index is 0.150. The van der Waals surface area contributed by atoms with Crippen molar-refractivity contribution < 1.29 is 13.5 Å². The number of piperazine rings is 1. The average molecular weight is 262 g/mol. The predicted octanol–water partition coefficient (Wildman–Crippen LogP) is -0.275. The topological polar surface area (TPSA) is 60.9 Å². The number of sulfonamides is 1. The van der Waals surface area contributed by atoms with Crippen molar-refractivity contribution in [3.8, 4) is 0 Å². The second-order valence-corrected chi connectivity index (χ2v) is 7.20. The van der Waals surface area contributed by atoms with Crippen molar-refractivity contribution in [2.75, 3.05) is 39.0 Å². The molecule has 0 aromatic carbocycles. The summed E-state index contributed by atoms with van der Waals surface area (Å²) in [4.78, 5) is 2.28. The fourth-order valence-corrected chi connectivity index (χ4v) is 3.63. The molecule has 0 radical (unpaired) electrons. The zero-order valence-corrected chi connectivity index (χ0v) is 11.2. The van der Waals surface area contributed by atoms with E-state index in [1.807, 2.05) is 0 Å². The van der Waals surface area contributed by atoms with Crippen LogP contribution in [0.25, 0.3) is 0 Å². The molecule has 2 aliphatic rings. The third-order valence-electron chi connectivity index (χ3n) is 3.91. The smallest absolute Gasteiger partial charge is 0.211 e. The Kier molecular flexibility index (Phi) is 4.07. The van der Waals surface area contributed by atoms with Gasteiger partial charge in [-0.25, -0.2) is 8.42 Å². The highest BCUT2D eigenvalue weighted by Gasteiger charge is 2.29. The molecule has 2 rings (SSSR count). The highest BCUT2D eigenvalue weighted by molar-refractivity contribution is 7.88. The Morgan fingerprint density at radius 3 is 2.29 bits per heavy atom. The van der Waals surface area contributed by atoms with Crippen LogP contribution in [0.1, 0.15) is 19.3 Å². The maximum Gasteiger partial charge on any atom is 0.211 e. The van der Waals surface area contributed by atoms with Gasteiger partial charge in [0.1, 0.15) is 0 Å². The Morgan fingerprint density at radius 2 is 1.82 bits per heavy atom. The Labute approximate surface area is 103 Å². The van der Waals surface area contributed by atoms with Gasteiger partial charge in [-0.1, -0.05) is 6.42 Å². The first-order valence-electron chi connectivity index (χ1n) is 6.32. The standard InChI is InChI=1S/C11H22N2O3S/c1-17(15,16)13-7-5-12(6-8-13)9-10-3-2-4-11(10)14/h10-11,14H,2-9H2,1H3. The molecule has 1 saturated heterocycles. The van der Waals surface area contributed by atoms with Crippen molar-refractivity contribution >= 4 is 10.0 Å². The fraction of sp³-hybridized carbons (Fsp3) is 1.00. The molecule has 6 heteroatoms. The van der Waals surface area contributed by atoms with Crippen molar-refractivity contribution in [3.05, 3.63) is 0 Å². The van der Waals surface area contributed by atoms with Crippen LogP contribution in [0, 0.1) is 5.92 Å². The number of aliphatic hydroxyl groups excluding tert-OH is 1. The van der Waals surface area contributed by atoms with Crippen molar-refractivity contribution in [1.29, 1.82) is 0 Å². The van der Waals surface area contributed by atoms with E-state index >= 15 is 0 Å². The van der Waals surface area contributed by atoms with Gasteiger partial charge in [0.25, 0.3) is 0 Å².